The van der Waals surface area contributed by atoms with Gasteiger partial charge in [0.1, 0.15) is 11.7 Å². The molecule has 2 bridgehead atoms. The van der Waals surface area contributed by atoms with Crippen LogP contribution in [0.5, 0.6) is 0 Å². The molecule has 0 amide bonds. The highest BCUT2D eigenvalue weighted by molar-refractivity contribution is 6.02. The van der Waals surface area contributed by atoms with Gasteiger partial charge in [-0.2, -0.15) is 0 Å². The molecule has 2 unspecified atom stereocenters. The molecule has 0 aromatic heterocycles. The molecular weight excluding hydrogens is 568 g/mol. The van der Waals surface area contributed by atoms with Gasteiger partial charge in [-0.3, -0.25) is 4.79 Å². The van der Waals surface area contributed by atoms with E-state index < -0.39 is 29.1 Å². The van der Waals surface area contributed by atoms with Gasteiger partial charge in [-0.15, -0.1) is 0 Å². The number of hydrogen-bond acceptors (Lipinski definition) is 6. The van der Waals surface area contributed by atoms with Gasteiger partial charge in [-0.1, -0.05) is 60.6 Å². The lowest BCUT2D eigenvalue weighted by Gasteiger charge is -2.74. The lowest BCUT2D eigenvalue weighted by molar-refractivity contribution is -0.316. The first-order valence-corrected chi connectivity index (χ1v) is 17.3. The first-order valence-electron chi connectivity index (χ1n) is 17.3. The first-order chi connectivity index (χ1) is 20.9. The third-order valence-corrected chi connectivity index (χ3v) is 15.6. The second kappa shape index (κ2) is 9.35. The predicted molar refractivity (Wildman–Crippen MR) is 168 cm³/mol. The Morgan fingerprint density at radius 1 is 0.844 bits per heavy atom. The highest BCUT2D eigenvalue weighted by atomic mass is 16.6. The van der Waals surface area contributed by atoms with Crippen molar-refractivity contribution in [2.24, 2.45) is 50.2 Å². The highest BCUT2D eigenvalue weighted by Gasteiger charge is 2.83. The zero-order valence-electron chi connectivity index (χ0n) is 28.2. The van der Waals surface area contributed by atoms with Gasteiger partial charge in [0.2, 0.25) is 0 Å². The normalized spacial score (nSPS) is 47.3. The fourth-order valence-electron chi connectivity index (χ4n) is 13.1. The Balaban J connectivity index is 1.22. The number of aliphatic hydroxyl groups excluding tert-OH is 1. The quantitative estimate of drug-likeness (QED) is 0.338. The Kier molecular flexibility index (Phi) is 6.49. The van der Waals surface area contributed by atoms with Crippen molar-refractivity contribution in [1.82, 2.24) is 0 Å². The second-order valence-electron chi connectivity index (χ2n) is 18.0. The first kappa shape index (κ1) is 31.2. The Labute approximate surface area is 267 Å². The predicted octanol–water partition coefficient (Wildman–Crippen LogP) is 7.44. The minimum Gasteiger partial charge on any atom is -0.478 e. The monoisotopic (exact) mass is 620 g/mol. The summed E-state index contributed by atoms with van der Waals surface area (Å²) < 4.78 is 12.9. The van der Waals surface area contributed by atoms with Crippen molar-refractivity contribution in [3.8, 4) is 0 Å². The summed E-state index contributed by atoms with van der Waals surface area (Å²) in [6.45, 7) is 16.2. The van der Waals surface area contributed by atoms with Crippen molar-refractivity contribution in [1.29, 1.82) is 0 Å². The fraction of sp³-hybridized carbons (Fsp3) is 0.763. The summed E-state index contributed by atoms with van der Waals surface area (Å²) in [5.74, 6) is -1.27. The molecule has 1 aromatic carbocycles. The molecule has 1 heterocycles. The molecule has 0 radical (unpaired) electrons. The van der Waals surface area contributed by atoms with Crippen molar-refractivity contribution in [3.05, 3.63) is 35.4 Å². The zero-order valence-corrected chi connectivity index (χ0v) is 28.2. The Morgan fingerprint density at radius 3 is 2.20 bits per heavy atom. The van der Waals surface area contributed by atoms with E-state index in [9.17, 15) is 24.6 Å². The number of carbonyl (C=O) groups is 3. The molecule has 45 heavy (non-hydrogen) atoms. The number of carbonyl (C=O) groups excluding carboxylic acids is 2. The van der Waals surface area contributed by atoms with Crippen LogP contribution in [-0.2, 0) is 14.3 Å². The molecule has 7 nitrogen and oxygen atoms in total. The molecule has 1 spiro atoms. The maximum atomic E-state index is 13.9. The average molecular weight is 621 g/mol. The number of hydrogen-bond donors (Lipinski definition) is 2. The summed E-state index contributed by atoms with van der Waals surface area (Å²) in [4.78, 5) is 39.1. The third-order valence-electron chi connectivity index (χ3n) is 15.6. The number of benzene rings is 1. The van der Waals surface area contributed by atoms with Crippen LogP contribution < -0.4 is 0 Å². The fourth-order valence-corrected chi connectivity index (χ4v) is 13.1. The van der Waals surface area contributed by atoms with E-state index in [-0.39, 0.29) is 68.0 Å². The number of ether oxygens (including phenoxy) is 2. The second-order valence-corrected chi connectivity index (χ2v) is 18.0. The van der Waals surface area contributed by atoms with Crippen LogP contribution in [-0.4, -0.2) is 45.9 Å². The van der Waals surface area contributed by atoms with E-state index in [4.69, 9.17) is 9.47 Å². The van der Waals surface area contributed by atoms with E-state index >= 15 is 0 Å². The molecular formula is C38H52O7. The van der Waals surface area contributed by atoms with E-state index in [0.717, 1.165) is 51.4 Å². The smallest absolute Gasteiger partial charge is 0.339 e. The summed E-state index contributed by atoms with van der Waals surface area (Å²) in [5, 5.41) is 22.1. The number of carboxylic acids is 1. The molecule has 1 aliphatic heterocycles. The van der Waals surface area contributed by atoms with Crippen molar-refractivity contribution in [2.75, 3.05) is 0 Å². The number of esters is 2. The summed E-state index contributed by atoms with van der Waals surface area (Å²) in [6, 6.07) is 6.25. The molecule has 6 fully saturated rings. The molecule has 5 aliphatic carbocycles. The zero-order chi connectivity index (χ0) is 32.6. The highest BCUT2D eigenvalue weighted by Crippen LogP contribution is 2.80. The van der Waals surface area contributed by atoms with Crippen LogP contribution in [0.2, 0.25) is 0 Å². The number of aliphatic hydroxyl groups is 1. The molecule has 5 saturated carbocycles. The molecule has 10 atom stereocenters. The summed E-state index contributed by atoms with van der Waals surface area (Å²) >= 11 is 0. The third kappa shape index (κ3) is 3.71. The van der Waals surface area contributed by atoms with Gasteiger partial charge in [0.05, 0.1) is 22.6 Å². The largest absolute Gasteiger partial charge is 0.478 e. The minimum atomic E-state index is -1.14. The molecule has 2 N–H and O–H groups in total. The number of fused-ring (bicyclic) bond motifs is 4. The van der Waals surface area contributed by atoms with Crippen molar-refractivity contribution in [2.45, 2.75) is 130 Å². The van der Waals surface area contributed by atoms with Crippen LogP contribution in [0.25, 0.3) is 0 Å². The van der Waals surface area contributed by atoms with Crippen molar-refractivity contribution >= 4 is 17.9 Å². The Morgan fingerprint density at radius 2 is 1.51 bits per heavy atom. The number of rotatable bonds is 3. The van der Waals surface area contributed by atoms with E-state index in [2.05, 4.69) is 48.5 Å². The van der Waals surface area contributed by atoms with Crippen molar-refractivity contribution < 1.29 is 34.1 Å². The average Bonchev–Trinajstić information content (AvgIpc) is 3.15. The van der Waals surface area contributed by atoms with Gasteiger partial charge < -0.3 is 19.7 Å². The van der Waals surface area contributed by atoms with E-state index in [0.29, 0.717) is 12.8 Å². The van der Waals surface area contributed by atoms with E-state index in [1.54, 1.807) is 12.1 Å². The van der Waals surface area contributed by atoms with Gasteiger partial charge in [-0.05, 0) is 104 Å². The molecule has 7 rings (SSSR count). The SMILES string of the molecule is CC1(C)CC[C@@]23CC[C@]4(C)[C@@](OC2=O)([C@@H]3C1)[C@@H](O)CC1[C@@]2(C)CCC(OC(=O)c3ccccc3C(=O)O)C(C)(C)[C@@H]2CC[C@]14C. The molecule has 246 valence electrons. The van der Waals surface area contributed by atoms with Gasteiger partial charge in [0.15, 0.2) is 0 Å². The van der Waals surface area contributed by atoms with Crippen LogP contribution in [0.4, 0.5) is 0 Å². The lowest BCUT2D eigenvalue weighted by atomic mass is 9.30. The van der Waals surface area contributed by atoms with Gasteiger partial charge >= 0.3 is 17.9 Å². The van der Waals surface area contributed by atoms with Crippen LogP contribution in [0, 0.1) is 50.2 Å². The molecule has 7 heteroatoms. The van der Waals surface area contributed by atoms with Crippen LogP contribution in [0.15, 0.2) is 24.3 Å². The van der Waals surface area contributed by atoms with E-state index in [1.165, 1.54) is 12.1 Å². The summed E-state index contributed by atoms with van der Waals surface area (Å²) in [5.41, 5.74) is -2.08. The topological polar surface area (TPSA) is 110 Å². The van der Waals surface area contributed by atoms with Crippen LogP contribution in [0.3, 0.4) is 0 Å². The molecule has 1 saturated heterocycles. The van der Waals surface area contributed by atoms with Crippen molar-refractivity contribution in [3.63, 3.8) is 0 Å². The maximum Gasteiger partial charge on any atom is 0.339 e. The Hall–Kier alpha value is -2.41. The van der Waals surface area contributed by atoms with Crippen LogP contribution in [0.1, 0.15) is 133 Å². The molecule has 6 aliphatic rings. The molecule has 1 aromatic rings. The summed E-state index contributed by atoms with van der Waals surface area (Å²) in [6.07, 6.45) is 7.56. The van der Waals surface area contributed by atoms with Gasteiger partial charge in [0.25, 0.3) is 0 Å². The minimum absolute atomic E-state index is 0.0403. The van der Waals surface area contributed by atoms with Gasteiger partial charge in [-0.25, -0.2) is 9.59 Å². The van der Waals surface area contributed by atoms with E-state index in [1.807, 2.05) is 0 Å². The van der Waals surface area contributed by atoms with Gasteiger partial charge in [0, 0.05) is 16.7 Å². The van der Waals surface area contributed by atoms with Crippen LogP contribution >= 0.6 is 0 Å². The lowest BCUT2D eigenvalue weighted by Crippen LogP contribution is -2.76. The number of carboxylic acid groups (broad SMARTS) is 1. The standard InChI is InChI=1S/C38H52O7/c1-32(2)16-18-37-19-17-36(7)35(6)15-12-24-33(3,4)28(44-30(42)23-11-9-8-10-22(23)29(40)41)13-14-34(24,5)25(35)20-27(39)38(36,26(37)21-32)45-31(37)43/h8-11,24-28,39H,12-21H2,1-7H3,(H,40,41)/t24-,25?,26+,27-,28?,34-,35+,36-,37-,38+/m0/s1. The number of aromatic carboxylic acids is 1. The Bertz CT molecular complexity index is 1460. The summed E-state index contributed by atoms with van der Waals surface area (Å²) in [7, 11) is 0. The maximum absolute atomic E-state index is 13.9.